The standard InChI is InChI=1S/C26H24N2O4/c29-24(28-21-12-13-22-23(16-21)32-26(31-22)14-4-5-15-26)17-27-25(30)20-10-8-19(9-11-20)18-6-2-1-3-7-18/h1-3,6-13,16H,4-5,14-15,17H2,(H,27,30)(H,28,29). The normalized spacial score (nSPS) is 15.5. The van der Waals surface area contributed by atoms with Crippen LogP contribution in [-0.2, 0) is 4.79 Å². The van der Waals surface area contributed by atoms with Crippen LogP contribution in [0.5, 0.6) is 11.5 Å². The molecule has 0 radical (unpaired) electrons. The largest absolute Gasteiger partial charge is 0.448 e. The molecule has 0 aromatic heterocycles. The first-order chi connectivity index (χ1) is 15.6. The van der Waals surface area contributed by atoms with Gasteiger partial charge in [-0.2, -0.15) is 0 Å². The van der Waals surface area contributed by atoms with Gasteiger partial charge in [0.25, 0.3) is 11.7 Å². The molecule has 2 amide bonds. The van der Waals surface area contributed by atoms with E-state index < -0.39 is 5.79 Å². The van der Waals surface area contributed by atoms with Crippen molar-refractivity contribution >= 4 is 17.5 Å². The molecule has 6 heteroatoms. The molecule has 5 rings (SSSR count). The summed E-state index contributed by atoms with van der Waals surface area (Å²) in [5.41, 5.74) is 3.22. The second kappa shape index (κ2) is 8.38. The maximum absolute atomic E-state index is 12.4. The second-order valence-electron chi connectivity index (χ2n) is 8.16. The molecule has 162 valence electrons. The summed E-state index contributed by atoms with van der Waals surface area (Å²) in [4.78, 5) is 24.8. The molecule has 1 heterocycles. The third kappa shape index (κ3) is 4.17. The fourth-order valence-corrected chi connectivity index (χ4v) is 4.20. The smallest absolute Gasteiger partial charge is 0.251 e. The van der Waals surface area contributed by atoms with Crippen molar-refractivity contribution in [2.45, 2.75) is 31.5 Å². The predicted molar refractivity (Wildman–Crippen MR) is 122 cm³/mol. The van der Waals surface area contributed by atoms with Crippen LogP contribution in [0, 0.1) is 0 Å². The van der Waals surface area contributed by atoms with Gasteiger partial charge in [0.15, 0.2) is 11.5 Å². The van der Waals surface area contributed by atoms with E-state index in [2.05, 4.69) is 10.6 Å². The summed E-state index contributed by atoms with van der Waals surface area (Å²) in [6.07, 6.45) is 3.93. The molecule has 0 unspecified atom stereocenters. The quantitative estimate of drug-likeness (QED) is 0.614. The van der Waals surface area contributed by atoms with Crippen LogP contribution in [-0.4, -0.2) is 24.1 Å². The molecule has 1 aliphatic carbocycles. The van der Waals surface area contributed by atoms with Crippen LogP contribution in [0.4, 0.5) is 5.69 Å². The minimum atomic E-state index is -0.533. The summed E-state index contributed by atoms with van der Waals surface area (Å²) in [5, 5.41) is 5.46. The molecule has 1 spiro atoms. The first-order valence-corrected chi connectivity index (χ1v) is 10.9. The van der Waals surface area contributed by atoms with Gasteiger partial charge in [-0.3, -0.25) is 9.59 Å². The van der Waals surface area contributed by atoms with Crippen LogP contribution in [0.25, 0.3) is 11.1 Å². The van der Waals surface area contributed by atoms with Gasteiger partial charge < -0.3 is 20.1 Å². The van der Waals surface area contributed by atoms with Crippen molar-refractivity contribution in [3.8, 4) is 22.6 Å². The summed E-state index contributed by atoms with van der Waals surface area (Å²) in [5.74, 6) is 0.210. The number of carbonyl (C=O) groups excluding carboxylic acids is 2. The number of nitrogens with one attached hydrogen (secondary N) is 2. The number of rotatable bonds is 5. The molecule has 1 saturated carbocycles. The minimum absolute atomic E-state index is 0.127. The minimum Gasteiger partial charge on any atom is -0.448 e. The number of hydrogen-bond donors (Lipinski definition) is 2. The summed E-state index contributed by atoms with van der Waals surface area (Å²) >= 11 is 0. The van der Waals surface area contributed by atoms with E-state index in [1.165, 1.54) is 0 Å². The van der Waals surface area contributed by atoms with E-state index in [0.717, 1.165) is 36.8 Å². The monoisotopic (exact) mass is 428 g/mol. The number of fused-ring (bicyclic) bond motifs is 1. The average molecular weight is 428 g/mol. The van der Waals surface area contributed by atoms with Gasteiger partial charge in [0, 0.05) is 30.2 Å². The predicted octanol–water partition coefficient (Wildman–Crippen LogP) is 4.76. The lowest BCUT2D eigenvalue weighted by Crippen LogP contribution is -2.34. The maximum Gasteiger partial charge on any atom is 0.251 e. The van der Waals surface area contributed by atoms with Crippen molar-refractivity contribution in [3.63, 3.8) is 0 Å². The summed E-state index contributed by atoms with van der Waals surface area (Å²) < 4.78 is 12.0. The topological polar surface area (TPSA) is 76.7 Å². The van der Waals surface area contributed by atoms with E-state index in [1.807, 2.05) is 48.5 Å². The fraction of sp³-hybridized carbons (Fsp3) is 0.231. The van der Waals surface area contributed by atoms with Crippen LogP contribution in [0.1, 0.15) is 36.0 Å². The van der Waals surface area contributed by atoms with E-state index in [0.29, 0.717) is 22.7 Å². The highest BCUT2D eigenvalue weighted by Crippen LogP contribution is 2.47. The van der Waals surface area contributed by atoms with Gasteiger partial charge in [0.1, 0.15) is 0 Å². The van der Waals surface area contributed by atoms with Crippen LogP contribution >= 0.6 is 0 Å². The first-order valence-electron chi connectivity index (χ1n) is 10.9. The number of amides is 2. The van der Waals surface area contributed by atoms with E-state index in [9.17, 15) is 9.59 Å². The highest BCUT2D eigenvalue weighted by Gasteiger charge is 2.44. The number of benzene rings is 3. The van der Waals surface area contributed by atoms with E-state index in [-0.39, 0.29) is 18.4 Å². The highest BCUT2D eigenvalue weighted by atomic mass is 16.7. The molecule has 1 aliphatic heterocycles. The van der Waals surface area contributed by atoms with E-state index >= 15 is 0 Å². The molecular weight excluding hydrogens is 404 g/mol. The molecule has 3 aromatic rings. The molecule has 0 bridgehead atoms. The van der Waals surface area contributed by atoms with E-state index in [4.69, 9.17) is 9.47 Å². The van der Waals surface area contributed by atoms with Crippen LogP contribution < -0.4 is 20.1 Å². The molecule has 6 nitrogen and oxygen atoms in total. The van der Waals surface area contributed by atoms with Crippen molar-refractivity contribution in [1.29, 1.82) is 0 Å². The molecule has 32 heavy (non-hydrogen) atoms. The number of carbonyl (C=O) groups is 2. The van der Waals surface area contributed by atoms with Gasteiger partial charge in [0.05, 0.1) is 6.54 Å². The van der Waals surface area contributed by atoms with E-state index in [1.54, 1.807) is 24.3 Å². The van der Waals surface area contributed by atoms with Crippen molar-refractivity contribution in [1.82, 2.24) is 5.32 Å². The molecule has 0 saturated heterocycles. The molecule has 1 fully saturated rings. The Morgan fingerprint density at radius 1 is 0.812 bits per heavy atom. The Morgan fingerprint density at radius 2 is 1.50 bits per heavy atom. The second-order valence-corrected chi connectivity index (χ2v) is 8.16. The van der Waals surface area contributed by atoms with Gasteiger partial charge in [0.2, 0.25) is 5.91 Å². The van der Waals surface area contributed by atoms with Crippen molar-refractivity contribution in [2.24, 2.45) is 0 Å². The molecular formula is C26H24N2O4. The van der Waals surface area contributed by atoms with Crippen LogP contribution in [0.2, 0.25) is 0 Å². The van der Waals surface area contributed by atoms with Crippen molar-refractivity contribution in [2.75, 3.05) is 11.9 Å². The summed E-state index contributed by atoms with van der Waals surface area (Å²) in [6, 6.07) is 22.6. The molecule has 0 atom stereocenters. The van der Waals surface area contributed by atoms with Crippen molar-refractivity contribution in [3.05, 3.63) is 78.4 Å². The maximum atomic E-state index is 12.4. The Hall–Kier alpha value is -3.80. The fourth-order valence-electron chi connectivity index (χ4n) is 4.20. The summed E-state index contributed by atoms with van der Waals surface area (Å²) in [7, 11) is 0. The zero-order valence-corrected chi connectivity index (χ0v) is 17.6. The zero-order valence-electron chi connectivity index (χ0n) is 17.6. The number of ether oxygens (including phenoxy) is 2. The van der Waals surface area contributed by atoms with Crippen molar-refractivity contribution < 1.29 is 19.1 Å². The van der Waals surface area contributed by atoms with Crippen LogP contribution in [0.3, 0.4) is 0 Å². The average Bonchev–Trinajstić information content (AvgIpc) is 3.43. The number of anilines is 1. The Bertz CT molecular complexity index is 1140. The lowest BCUT2D eigenvalue weighted by Gasteiger charge is -2.21. The first kappa shape index (κ1) is 20.1. The molecule has 3 aromatic carbocycles. The Balaban J connectivity index is 1.15. The molecule has 2 N–H and O–H groups in total. The summed E-state index contributed by atoms with van der Waals surface area (Å²) in [6.45, 7) is -0.127. The highest BCUT2D eigenvalue weighted by molar-refractivity contribution is 5.99. The van der Waals surface area contributed by atoms with Gasteiger partial charge in [-0.05, 0) is 48.2 Å². The van der Waals surface area contributed by atoms with Gasteiger partial charge in [-0.15, -0.1) is 0 Å². The number of hydrogen-bond acceptors (Lipinski definition) is 4. The SMILES string of the molecule is O=C(CNC(=O)c1ccc(-c2ccccc2)cc1)Nc1ccc2c(c1)OC1(CCCC1)O2. The van der Waals surface area contributed by atoms with Gasteiger partial charge in [-0.1, -0.05) is 42.5 Å². The zero-order chi connectivity index (χ0) is 22.0. The van der Waals surface area contributed by atoms with Gasteiger partial charge in [-0.25, -0.2) is 0 Å². The Morgan fingerprint density at radius 3 is 2.25 bits per heavy atom. The lowest BCUT2D eigenvalue weighted by molar-refractivity contribution is -0.115. The Labute approximate surface area is 186 Å². The third-order valence-electron chi connectivity index (χ3n) is 5.85. The lowest BCUT2D eigenvalue weighted by atomic mass is 10.0. The van der Waals surface area contributed by atoms with Crippen LogP contribution in [0.15, 0.2) is 72.8 Å². The third-order valence-corrected chi connectivity index (χ3v) is 5.85. The Kier molecular flexibility index (Phi) is 5.27. The molecule has 2 aliphatic rings. The van der Waals surface area contributed by atoms with Gasteiger partial charge >= 0.3 is 0 Å².